The first kappa shape index (κ1) is 18.4. The van der Waals surface area contributed by atoms with Gasteiger partial charge in [0.2, 0.25) is 0 Å². The molecule has 0 aliphatic heterocycles. The fourth-order valence-electron chi connectivity index (χ4n) is 3.13. The number of carbonyl (C=O) groups excluding carboxylic acids is 2. The zero-order valence-corrected chi connectivity index (χ0v) is 15.3. The Kier molecular flexibility index (Phi) is 6.23. The summed E-state index contributed by atoms with van der Waals surface area (Å²) in [7, 11) is 0. The van der Waals surface area contributed by atoms with E-state index in [2.05, 4.69) is 15.6 Å². The Hall–Kier alpha value is -2.40. The number of halogens is 1. The van der Waals surface area contributed by atoms with Crippen LogP contribution in [-0.4, -0.2) is 22.8 Å². The fourth-order valence-corrected chi connectivity index (χ4v) is 3.32. The predicted molar refractivity (Wildman–Crippen MR) is 103 cm³/mol. The van der Waals surface area contributed by atoms with E-state index in [0.717, 1.165) is 25.7 Å². The lowest BCUT2D eigenvalue weighted by Gasteiger charge is -2.16. The van der Waals surface area contributed by atoms with E-state index in [4.69, 9.17) is 11.6 Å². The van der Waals surface area contributed by atoms with Crippen LogP contribution in [0.4, 0.5) is 5.69 Å². The molecule has 0 saturated heterocycles. The van der Waals surface area contributed by atoms with Gasteiger partial charge in [0.25, 0.3) is 11.8 Å². The molecule has 136 valence electrons. The first-order valence-electron chi connectivity index (χ1n) is 8.96. The number of rotatable bonds is 4. The van der Waals surface area contributed by atoms with E-state index >= 15 is 0 Å². The van der Waals surface area contributed by atoms with E-state index in [1.165, 1.54) is 12.8 Å². The number of benzene rings is 1. The van der Waals surface area contributed by atoms with Gasteiger partial charge in [-0.15, -0.1) is 0 Å². The number of aromatic nitrogens is 1. The second-order valence-corrected chi connectivity index (χ2v) is 6.97. The van der Waals surface area contributed by atoms with Gasteiger partial charge in [-0.25, -0.2) is 4.98 Å². The Morgan fingerprint density at radius 1 is 0.923 bits per heavy atom. The summed E-state index contributed by atoms with van der Waals surface area (Å²) in [6, 6.07) is 12.0. The van der Waals surface area contributed by atoms with Crippen LogP contribution in [0, 0.1) is 0 Å². The molecule has 0 atom stereocenters. The van der Waals surface area contributed by atoms with Gasteiger partial charge in [0.15, 0.2) is 0 Å². The third-order valence-corrected chi connectivity index (χ3v) is 4.72. The lowest BCUT2D eigenvalue weighted by molar-refractivity contribution is 0.0928. The van der Waals surface area contributed by atoms with Crippen LogP contribution in [0.15, 0.2) is 42.5 Å². The van der Waals surface area contributed by atoms with Crippen molar-refractivity contribution >= 4 is 29.1 Å². The third kappa shape index (κ3) is 5.05. The number of carbonyl (C=O) groups is 2. The van der Waals surface area contributed by atoms with Crippen LogP contribution in [0.25, 0.3) is 0 Å². The summed E-state index contributed by atoms with van der Waals surface area (Å²) in [5.74, 6) is -0.606. The van der Waals surface area contributed by atoms with Crippen LogP contribution in [0.5, 0.6) is 0 Å². The minimum absolute atomic E-state index is 0.191. The molecule has 1 saturated carbocycles. The van der Waals surface area contributed by atoms with Crippen molar-refractivity contribution in [1.29, 1.82) is 0 Å². The molecular weight excluding hydrogens is 350 g/mol. The summed E-state index contributed by atoms with van der Waals surface area (Å²) in [5, 5.41) is 6.32. The standard InChI is InChI=1S/C20H22ClN3O2/c21-14-7-5-10-16(13-14)23-20(26)18-12-6-11-17(24-18)19(25)22-15-8-3-1-2-4-9-15/h5-7,10-13,15H,1-4,8-9H2,(H,22,25)(H,23,26). The summed E-state index contributed by atoms with van der Waals surface area (Å²) in [6.07, 6.45) is 6.73. The fraction of sp³-hybridized carbons (Fsp3) is 0.350. The molecule has 1 fully saturated rings. The van der Waals surface area contributed by atoms with Crippen LogP contribution >= 0.6 is 11.6 Å². The van der Waals surface area contributed by atoms with Gasteiger partial charge in [-0.1, -0.05) is 49.4 Å². The molecule has 6 heteroatoms. The van der Waals surface area contributed by atoms with Gasteiger partial charge in [0, 0.05) is 16.8 Å². The Morgan fingerprint density at radius 3 is 2.27 bits per heavy atom. The Balaban J connectivity index is 1.66. The molecule has 5 nitrogen and oxygen atoms in total. The van der Waals surface area contributed by atoms with E-state index < -0.39 is 0 Å². The Labute approximate surface area is 158 Å². The minimum atomic E-state index is -0.378. The maximum absolute atomic E-state index is 12.5. The van der Waals surface area contributed by atoms with Crippen molar-refractivity contribution in [3.05, 3.63) is 58.9 Å². The molecule has 3 rings (SSSR count). The van der Waals surface area contributed by atoms with Gasteiger partial charge in [-0.2, -0.15) is 0 Å². The van der Waals surface area contributed by atoms with Gasteiger partial charge in [-0.05, 0) is 43.2 Å². The van der Waals surface area contributed by atoms with Crippen molar-refractivity contribution in [1.82, 2.24) is 10.3 Å². The number of amides is 2. The van der Waals surface area contributed by atoms with Gasteiger partial charge in [0.1, 0.15) is 11.4 Å². The minimum Gasteiger partial charge on any atom is -0.348 e. The molecule has 0 unspecified atom stereocenters. The van der Waals surface area contributed by atoms with Crippen molar-refractivity contribution in [2.75, 3.05) is 5.32 Å². The largest absolute Gasteiger partial charge is 0.348 e. The second-order valence-electron chi connectivity index (χ2n) is 6.53. The first-order valence-corrected chi connectivity index (χ1v) is 9.34. The van der Waals surface area contributed by atoms with Crippen molar-refractivity contribution < 1.29 is 9.59 Å². The quantitative estimate of drug-likeness (QED) is 0.780. The predicted octanol–water partition coefficient (Wildman–Crippen LogP) is 4.44. The summed E-state index contributed by atoms with van der Waals surface area (Å²) in [4.78, 5) is 29.1. The van der Waals surface area contributed by atoms with Crippen molar-refractivity contribution in [3.8, 4) is 0 Å². The van der Waals surface area contributed by atoms with E-state index in [1.54, 1.807) is 42.5 Å². The van der Waals surface area contributed by atoms with Crippen molar-refractivity contribution in [2.24, 2.45) is 0 Å². The summed E-state index contributed by atoms with van der Waals surface area (Å²) in [5.41, 5.74) is 1.03. The monoisotopic (exact) mass is 371 g/mol. The van der Waals surface area contributed by atoms with Gasteiger partial charge in [0.05, 0.1) is 0 Å². The molecule has 0 radical (unpaired) electrons. The normalized spacial score (nSPS) is 15.1. The zero-order chi connectivity index (χ0) is 18.4. The lowest BCUT2D eigenvalue weighted by atomic mass is 10.1. The number of nitrogens with one attached hydrogen (secondary N) is 2. The van der Waals surface area contributed by atoms with E-state index in [1.807, 2.05) is 0 Å². The molecule has 2 aromatic rings. The van der Waals surface area contributed by atoms with E-state index in [9.17, 15) is 9.59 Å². The first-order chi connectivity index (χ1) is 12.6. The number of pyridine rings is 1. The molecule has 0 spiro atoms. The van der Waals surface area contributed by atoms with Gasteiger partial charge < -0.3 is 10.6 Å². The molecule has 2 N–H and O–H groups in total. The lowest BCUT2D eigenvalue weighted by Crippen LogP contribution is -2.35. The summed E-state index contributed by atoms with van der Waals surface area (Å²) < 4.78 is 0. The van der Waals surface area contributed by atoms with Crippen molar-refractivity contribution in [2.45, 2.75) is 44.6 Å². The van der Waals surface area contributed by atoms with Gasteiger partial charge >= 0.3 is 0 Å². The van der Waals surface area contributed by atoms with Crippen LogP contribution in [0.3, 0.4) is 0 Å². The molecule has 1 aliphatic carbocycles. The summed E-state index contributed by atoms with van der Waals surface area (Å²) >= 11 is 5.93. The highest BCUT2D eigenvalue weighted by Crippen LogP contribution is 2.18. The van der Waals surface area contributed by atoms with Crippen molar-refractivity contribution in [3.63, 3.8) is 0 Å². The molecule has 26 heavy (non-hydrogen) atoms. The van der Waals surface area contributed by atoms with Crippen LogP contribution < -0.4 is 10.6 Å². The highest BCUT2D eigenvalue weighted by molar-refractivity contribution is 6.30. The smallest absolute Gasteiger partial charge is 0.274 e. The van der Waals surface area contributed by atoms with Crippen LogP contribution in [0.2, 0.25) is 5.02 Å². The maximum Gasteiger partial charge on any atom is 0.274 e. The molecule has 1 aromatic heterocycles. The van der Waals surface area contributed by atoms with E-state index in [0.29, 0.717) is 10.7 Å². The molecule has 1 aromatic carbocycles. The zero-order valence-electron chi connectivity index (χ0n) is 14.5. The topological polar surface area (TPSA) is 71.1 Å². The number of hydrogen-bond acceptors (Lipinski definition) is 3. The molecule has 1 heterocycles. The molecular formula is C20H22ClN3O2. The molecule has 2 amide bonds. The van der Waals surface area contributed by atoms with Crippen LogP contribution in [0.1, 0.15) is 59.5 Å². The third-order valence-electron chi connectivity index (χ3n) is 4.49. The van der Waals surface area contributed by atoms with Crippen LogP contribution in [-0.2, 0) is 0 Å². The second kappa shape index (κ2) is 8.81. The SMILES string of the molecule is O=C(Nc1cccc(Cl)c1)c1cccc(C(=O)NC2CCCCCC2)n1. The Morgan fingerprint density at radius 2 is 1.58 bits per heavy atom. The van der Waals surface area contributed by atoms with E-state index in [-0.39, 0.29) is 29.2 Å². The highest BCUT2D eigenvalue weighted by Gasteiger charge is 2.18. The number of anilines is 1. The Bertz CT molecular complexity index is 786. The molecule has 0 bridgehead atoms. The highest BCUT2D eigenvalue weighted by atomic mass is 35.5. The average molecular weight is 372 g/mol. The summed E-state index contributed by atoms with van der Waals surface area (Å²) in [6.45, 7) is 0. The average Bonchev–Trinajstić information content (AvgIpc) is 2.90. The number of hydrogen-bond donors (Lipinski definition) is 2. The number of nitrogens with zero attached hydrogens (tertiary/aromatic N) is 1. The maximum atomic E-state index is 12.5. The van der Waals surface area contributed by atoms with Gasteiger partial charge in [-0.3, -0.25) is 9.59 Å². The molecule has 1 aliphatic rings.